The first-order chi connectivity index (χ1) is 11.8. The van der Waals surface area contributed by atoms with Crippen LogP contribution in [-0.2, 0) is 0 Å². The Hall–Kier alpha value is -3.21. The largest absolute Gasteiger partial charge is 0.573 e. The highest BCUT2D eigenvalue weighted by Gasteiger charge is 2.31. The summed E-state index contributed by atoms with van der Waals surface area (Å²) in [5.41, 5.74) is 1.60. The van der Waals surface area contributed by atoms with Crippen LogP contribution < -0.4 is 15.4 Å². The van der Waals surface area contributed by atoms with Gasteiger partial charge >= 0.3 is 12.4 Å². The SMILES string of the molecule is C[C@@H](NC(=O)Nc1ccc(C#N)cc1)c1ccc(OC(F)(F)F)cc1. The van der Waals surface area contributed by atoms with Crippen molar-refractivity contribution in [3.8, 4) is 11.8 Å². The highest BCUT2D eigenvalue weighted by Crippen LogP contribution is 2.24. The summed E-state index contributed by atoms with van der Waals surface area (Å²) < 4.78 is 40.2. The first-order valence-corrected chi connectivity index (χ1v) is 7.20. The van der Waals surface area contributed by atoms with Crippen LogP contribution in [0.4, 0.5) is 23.7 Å². The van der Waals surface area contributed by atoms with Gasteiger partial charge in [-0.1, -0.05) is 12.1 Å². The number of hydrogen-bond donors (Lipinski definition) is 2. The zero-order valence-electron chi connectivity index (χ0n) is 13.1. The number of nitriles is 1. The Balaban J connectivity index is 1.93. The third-order valence-electron chi connectivity index (χ3n) is 3.23. The Kier molecular flexibility index (Phi) is 5.49. The van der Waals surface area contributed by atoms with E-state index in [0.717, 1.165) is 0 Å². The molecule has 2 amide bonds. The van der Waals surface area contributed by atoms with Crippen molar-refractivity contribution in [1.82, 2.24) is 5.32 Å². The lowest BCUT2D eigenvalue weighted by Gasteiger charge is -2.16. The molecule has 0 heterocycles. The summed E-state index contributed by atoms with van der Waals surface area (Å²) in [7, 11) is 0. The Morgan fingerprint density at radius 1 is 1.12 bits per heavy atom. The molecular weight excluding hydrogens is 335 g/mol. The van der Waals surface area contributed by atoms with Gasteiger partial charge in [0.1, 0.15) is 5.75 Å². The predicted octanol–water partition coefficient (Wildman–Crippen LogP) is 4.34. The number of benzene rings is 2. The number of urea groups is 1. The zero-order chi connectivity index (χ0) is 18.4. The predicted molar refractivity (Wildman–Crippen MR) is 84.9 cm³/mol. The second-order valence-electron chi connectivity index (χ2n) is 5.13. The molecule has 0 saturated carbocycles. The zero-order valence-corrected chi connectivity index (χ0v) is 13.1. The summed E-state index contributed by atoms with van der Waals surface area (Å²) in [6.07, 6.45) is -4.74. The second kappa shape index (κ2) is 7.57. The minimum absolute atomic E-state index is 0.328. The van der Waals surface area contributed by atoms with Crippen LogP contribution in [0.5, 0.6) is 5.75 Å². The fourth-order valence-corrected chi connectivity index (χ4v) is 2.03. The standard InChI is InChI=1S/C17H14F3N3O2/c1-11(13-4-8-15(9-5-13)25-17(18,19)20)22-16(24)23-14-6-2-12(10-21)3-7-14/h2-9,11H,1H3,(H2,22,23,24)/t11-/m1/s1. The van der Waals surface area contributed by atoms with Crippen LogP contribution in [-0.4, -0.2) is 12.4 Å². The topological polar surface area (TPSA) is 74.2 Å². The van der Waals surface area contributed by atoms with Crippen LogP contribution in [0.15, 0.2) is 48.5 Å². The van der Waals surface area contributed by atoms with Gasteiger partial charge in [0.15, 0.2) is 0 Å². The molecule has 0 spiro atoms. The van der Waals surface area contributed by atoms with Crippen molar-refractivity contribution in [2.24, 2.45) is 0 Å². The van der Waals surface area contributed by atoms with Crippen LogP contribution in [0.2, 0.25) is 0 Å². The molecule has 0 aromatic heterocycles. The average Bonchev–Trinajstić information content (AvgIpc) is 2.54. The molecule has 0 fully saturated rings. The van der Waals surface area contributed by atoms with E-state index in [4.69, 9.17) is 5.26 Å². The number of halogens is 3. The summed E-state index contributed by atoms with van der Waals surface area (Å²) in [6.45, 7) is 1.69. The van der Waals surface area contributed by atoms with Gasteiger partial charge in [0.05, 0.1) is 17.7 Å². The summed E-state index contributed by atoms with van der Waals surface area (Å²) in [4.78, 5) is 11.9. The van der Waals surface area contributed by atoms with Gasteiger partial charge in [0, 0.05) is 5.69 Å². The minimum Gasteiger partial charge on any atom is -0.406 e. The summed E-state index contributed by atoms with van der Waals surface area (Å²) in [5.74, 6) is -0.328. The lowest BCUT2D eigenvalue weighted by molar-refractivity contribution is -0.274. The van der Waals surface area contributed by atoms with Gasteiger partial charge in [0.25, 0.3) is 0 Å². The number of rotatable bonds is 4. The van der Waals surface area contributed by atoms with Crippen molar-refractivity contribution >= 4 is 11.7 Å². The van der Waals surface area contributed by atoms with Gasteiger partial charge in [-0.05, 0) is 48.9 Å². The third kappa shape index (κ3) is 5.73. The monoisotopic (exact) mass is 349 g/mol. The molecule has 130 valence electrons. The number of nitrogens with one attached hydrogen (secondary N) is 2. The Morgan fingerprint density at radius 3 is 2.24 bits per heavy atom. The average molecular weight is 349 g/mol. The van der Waals surface area contributed by atoms with Crippen molar-refractivity contribution in [3.63, 3.8) is 0 Å². The molecule has 0 aliphatic rings. The number of carbonyl (C=O) groups is 1. The van der Waals surface area contributed by atoms with Gasteiger partial charge < -0.3 is 15.4 Å². The maximum absolute atomic E-state index is 12.1. The normalized spacial score (nSPS) is 12.0. The lowest BCUT2D eigenvalue weighted by atomic mass is 10.1. The van der Waals surface area contributed by atoms with E-state index in [1.54, 1.807) is 31.2 Å². The van der Waals surface area contributed by atoms with E-state index in [9.17, 15) is 18.0 Å². The molecule has 0 aliphatic heterocycles. The molecule has 0 radical (unpaired) electrons. The van der Waals surface area contributed by atoms with E-state index in [0.29, 0.717) is 16.8 Å². The molecule has 2 aromatic carbocycles. The molecule has 8 heteroatoms. The van der Waals surface area contributed by atoms with Gasteiger partial charge in [-0.15, -0.1) is 13.2 Å². The number of hydrogen-bond acceptors (Lipinski definition) is 3. The highest BCUT2D eigenvalue weighted by atomic mass is 19.4. The third-order valence-corrected chi connectivity index (χ3v) is 3.23. The van der Waals surface area contributed by atoms with E-state index in [1.165, 1.54) is 24.3 Å². The molecular formula is C17H14F3N3O2. The smallest absolute Gasteiger partial charge is 0.406 e. The molecule has 0 unspecified atom stereocenters. The molecule has 25 heavy (non-hydrogen) atoms. The van der Waals surface area contributed by atoms with Gasteiger partial charge in [-0.25, -0.2) is 4.79 Å². The number of ether oxygens (including phenoxy) is 1. The number of amides is 2. The fourth-order valence-electron chi connectivity index (χ4n) is 2.03. The van der Waals surface area contributed by atoms with Gasteiger partial charge in [-0.2, -0.15) is 5.26 Å². The molecule has 0 aliphatic carbocycles. The maximum atomic E-state index is 12.1. The molecule has 1 atom stereocenters. The van der Waals surface area contributed by atoms with Crippen LogP contribution >= 0.6 is 0 Å². The molecule has 2 rings (SSSR count). The van der Waals surface area contributed by atoms with Crippen LogP contribution in [0.25, 0.3) is 0 Å². The quantitative estimate of drug-likeness (QED) is 0.862. The minimum atomic E-state index is -4.74. The molecule has 5 nitrogen and oxygen atoms in total. The fraction of sp³-hybridized carbons (Fsp3) is 0.176. The lowest BCUT2D eigenvalue weighted by Crippen LogP contribution is -2.31. The summed E-state index contributed by atoms with van der Waals surface area (Å²) >= 11 is 0. The number of nitrogens with zero attached hydrogens (tertiary/aromatic N) is 1. The summed E-state index contributed by atoms with van der Waals surface area (Å²) in [5, 5.41) is 14.0. The Labute approximate surface area is 142 Å². The van der Waals surface area contributed by atoms with Crippen LogP contribution in [0.1, 0.15) is 24.1 Å². The van der Waals surface area contributed by atoms with E-state index >= 15 is 0 Å². The molecule has 2 N–H and O–H groups in total. The molecule has 2 aromatic rings. The second-order valence-corrected chi connectivity index (χ2v) is 5.13. The molecule has 0 saturated heterocycles. The first kappa shape index (κ1) is 18.1. The number of alkyl halides is 3. The maximum Gasteiger partial charge on any atom is 0.573 e. The van der Waals surface area contributed by atoms with Gasteiger partial charge in [0.2, 0.25) is 0 Å². The van der Waals surface area contributed by atoms with Crippen molar-refractivity contribution < 1.29 is 22.7 Å². The van der Waals surface area contributed by atoms with E-state index in [-0.39, 0.29) is 5.75 Å². The Bertz CT molecular complexity index is 766. The van der Waals surface area contributed by atoms with E-state index in [2.05, 4.69) is 15.4 Å². The van der Waals surface area contributed by atoms with Crippen molar-refractivity contribution in [2.45, 2.75) is 19.3 Å². The van der Waals surface area contributed by atoms with Crippen molar-refractivity contribution in [1.29, 1.82) is 5.26 Å². The van der Waals surface area contributed by atoms with Crippen molar-refractivity contribution in [3.05, 3.63) is 59.7 Å². The highest BCUT2D eigenvalue weighted by molar-refractivity contribution is 5.89. The number of carbonyl (C=O) groups excluding carboxylic acids is 1. The van der Waals surface area contributed by atoms with Crippen molar-refractivity contribution in [2.75, 3.05) is 5.32 Å². The number of anilines is 1. The van der Waals surface area contributed by atoms with E-state index in [1.807, 2.05) is 6.07 Å². The first-order valence-electron chi connectivity index (χ1n) is 7.20. The van der Waals surface area contributed by atoms with Crippen LogP contribution in [0.3, 0.4) is 0 Å². The van der Waals surface area contributed by atoms with Gasteiger partial charge in [-0.3, -0.25) is 0 Å². The van der Waals surface area contributed by atoms with Crippen LogP contribution in [0, 0.1) is 11.3 Å². The molecule has 0 bridgehead atoms. The Morgan fingerprint density at radius 2 is 1.72 bits per heavy atom. The van der Waals surface area contributed by atoms with E-state index < -0.39 is 18.4 Å². The summed E-state index contributed by atoms with van der Waals surface area (Å²) in [6, 6.07) is 12.6.